The van der Waals surface area contributed by atoms with E-state index in [-0.39, 0.29) is 5.75 Å². The molecule has 0 radical (unpaired) electrons. The summed E-state index contributed by atoms with van der Waals surface area (Å²) in [4.78, 5) is 20.6. The van der Waals surface area contributed by atoms with Gasteiger partial charge in [-0.15, -0.1) is 0 Å². The second kappa shape index (κ2) is 8.52. The molecule has 0 aliphatic carbocycles. The minimum atomic E-state index is -2.59. The zero-order valence-corrected chi connectivity index (χ0v) is 18.3. The molecule has 2 aromatic carbocycles. The van der Waals surface area contributed by atoms with Crippen molar-refractivity contribution in [2.24, 2.45) is 0 Å². The molecule has 160 valence electrons. The number of nitrogens with zero attached hydrogens (tertiary/aromatic N) is 4. The van der Waals surface area contributed by atoms with E-state index < -0.39 is 10.7 Å². The normalized spacial score (nSPS) is 11.4. The molecule has 2 N–H and O–H groups in total. The Morgan fingerprint density at radius 3 is 2.72 bits per heavy atom. The highest BCUT2D eigenvalue weighted by atomic mass is 35.5. The van der Waals surface area contributed by atoms with Gasteiger partial charge < -0.3 is 10.3 Å². The Bertz CT molecular complexity index is 1520. The lowest BCUT2D eigenvalue weighted by Crippen LogP contribution is -2.06. The van der Waals surface area contributed by atoms with Gasteiger partial charge in [-0.25, -0.2) is 28.4 Å². The van der Waals surface area contributed by atoms with Crippen molar-refractivity contribution < 1.29 is 8.42 Å². The van der Waals surface area contributed by atoms with Crippen molar-refractivity contribution in [1.82, 2.24) is 24.9 Å². The van der Waals surface area contributed by atoms with Crippen molar-refractivity contribution >= 4 is 50.2 Å². The molecular formula is C22H17ClN6O2S. The number of benzene rings is 2. The zero-order chi connectivity index (χ0) is 22.1. The predicted molar refractivity (Wildman–Crippen MR) is 125 cm³/mol. The summed E-state index contributed by atoms with van der Waals surface area (Å²) in [7, 11) is -2.59. The number of imidazole rings is 1. The van der Waals surface area contributed by atoms with Crippen LogP contribution in [0.2, 0.25) is 5.02 Å². The third-order valence-electron chi connectivity index (χ3n) is 5.11. The van der Waals surface area contributed by atoms with Crippen LogP contribution in [-0.2, 0) is 23.0 Å². The minimum Gasteiger partial charge on any atom is -0.364 e. The van der Waals surface area contributed by atoms with Crippen LogP contribution in [-0.4, -0.2) is 33.3 Å². The fourth-order valence-corrected chi connectivity index (χ4v) is 4.45. The van der Waals surface area contributed by atoms with E-state index in [0.717, 1.165) is 16.5 Å². The van der Waals surface area contributed by atoms with Gasteiger partial charge in [-0.2, -0.15) is 0 Å². The largest absolute Gasteiger partial charge is 0.364 e. The second-order valence-corrected chi connectivity index (χ2v) is 8.52. The van der Waals surface area contributed by atoms with Gasteiger partial charge in [0.2, 0.25) is 0 Å². The van der Waals surface area contributed by atoms with Crippen molar-refractivity contribution in [2.45, 2.75) is 12.3 Å². The lowest BCUT2D eigenvalue weighted by molar-refractivity contribution is 0.614. The molecule has 0 spiro atoms. The Morgan fingerprint density at radius 1 is 0.969 bits per heavy atom. The third kappa shape index (κ3) is 3.88. The maximum absolute atomic E-state index is 11.5. The molecule has 0 unspecified atom stereocenters. The van der Waals surface area contributed by atoms with Crippen LogP contribution in [0.15, 0.2) is 61.2 Å². The molecule has 0 aliphatic heterocycles. The summed E-state index contributed by atoms with van der Waals surface area (Å²) in [5, 5.41) is 4.73. The summed E-state index contributed by atoms with van der Waals surface area (Å²) in [6.45, 7) is 0.390. The summed E-state index contributed by atoms with van der Waals surface area (Å²) in [6.07, 6.45) is 3.03. The van der Waals surface area contributed by atoms with E-state index in [1.165, 1.54) is 6.33 Å². The van der Waals surface area contributed by atoms with Crippen molar-refractivity contribution in [1.29, 1.82) is 0 Å². The third-order valence-corrected chi connectivity index (χ3v) is 6.01. The Kier molecular flexibility index (Phi) is 5.42. The van der Waals surface area contributed by atoms with Crippen LogP contribution in [0.5, 0.6) is 0 Å². The van der Waals surface area contributed by atoms with Crippen LogP contribution in [0.4, 0.5) is 5.82 Å². The molecule has 0 aliphatic rings. The number of para-hydroxylation sites is 1. The van der Waals surface area contributed by atoms with E-state index in [2.05, 4.69) is 25.3 Å². The number of pyridine rings is 1. The van der Waals surface area contributed by atoms with Crippen LogP contribution < -0.4 is 5.32 Å². The molecule has 3 aromatic heterocycles. The second-order valence-electron chi connectivity index (χ2n) is 7.13. The van der Waals surface area contributed by atoms with E-state index in [9.17, 15) is 8.42 Å². The first-order valence-electron chi connectivity index (χ1n) is 9.76. The summed E-state index contributed by atoms with van der Waals surface area (Å²) in [5.41, 5.74) is 4.89. The fraction of sp³-hybridized carbons (Fsp3) is 0.0909. The first kappa shape index (κ1) is 20.3. The molecule has 0 atom stereocenters. The molecule has 0 bridgehead atoms. The number of hydrogen-bond donors (Lipinski definition) is 3. The van der Waals surface area contributed by atoms with Gasteiger partial charge in [-0.1, -0.05) is 48.0 Å². The van der Waals surface area contributed by atoms with E-state index in [4.69, 9.17) is 16.6 Å². The Morgan fingerprint density at radius 2 is 1.84 bits per heavy atom. The van der Waals surface area contributed by atoms with Crippen molar-refractivity contribution in [3.63, 3.8) is 0 Å². The van der Waals surface area contributed by atoms with Crippen molar-refractivity contribution in [3.8, 4) is 11.3 Å². The average Bonchev–Trinajstić information content (AvgIpc) is 3.27. The lowest BCUT2D eigenvalue weighted by Gasteiger charge is -2.15. The summed E-state index contributed by atoms with van der Waals surface area (Å²) in [5.74, 6) is 0.518. The lowest BCUT2D eigenvalue weighted by atomic mass is 9.99. The van der Waals surface area contributed by atoms with Crippen LogP contribution in [0.3, 0.4) is 0 Å². The van der Waals surface area contributed by atoms with Crippen molar-refractivity contribution in [2.75, 3.05) is 5.32 Å². The highest BCUT2D eigenvalue weighted by molar-refractivity contribution is 7.71. The smallest absolute Gasteiger partial charge is 0.162 e. The average molecular weight is 465 g/mol. The van der Waals surface area contributed by atoms with Gasteiger partial charge in [0.1, 0.15) is 22.5 Å². The number of fused-ring (bicyclic) bond motifs is 2. The number of halogens is 1. The first-order valence-corrected chi connectivity index (χ1v) is 11.5. The number of aromatic nitrogens is 5. The van der Waals surface area contributed by atoms with E-state index in [1.54, 1.807) is 18.5 Å². The maximum Gasteiger partial charge on any atom is 0.162 e. The highest BCUT2D eigenvalue weighted by Gasteiger charge is 2.15. The van der Waals surface area contributed by atoms with Crippen LogP contribution >= 0.6 is 11.6 Å². The number of nitrogens with one attached hydrogen (secondary N) is 2. The molecule has 5 aromatic rings. The molecule has 0 saturated heterocycles. The Labute approximate surface area is 189 Å². The SMILES string of the molecule is O=[SH](=O)Cc1ccccc1-c1nc2c(Cl)cccc2cc1CNc1ncnc2[nH]cnc12. The van der Waals surface area contributed by atoms with E-state index in [0.29, 0.717) is 45.3 Å². The molecular weight excluding hydrogens is 448 g/mol. The minimum absolute atomic E-state index is 0.0690. The van der Waals surface area contributed by atoms with Gasteiger partial charge in [0.15, 0.2) is 11.5 Å². The quantitative estimate of drug-likeness (QED) is 0.326. The molecule has 32 heavy (non-hydrogen) atoms. The van der Waals surface area contributed by atoms with Crippen molar-refractivity contribution in [3.05, 3.63) is 77.3 Å². The number of thiol groups is 1. The zero-order valence-electron chi connectivity index (χ0n) is 16.6. The van der Waals surface area contributed by atoms with E-state index >= 15 is 0 Å². The molecule has 3 heterocycles. The number of hydrogen-bond acceptors (Lipinski definition) is 7. The van der Waals surface area contributed by atoms with Gasteiger partial charge in [0.05, 0.1) is 28.3 Å². The summed E-state index contributed by atoms with van der Waals surface area (Å²) < 4.78 is 22.9. The van der Waals surface area contributed by atoms with Crippen LogP contribution in [0.25, 0.3) is 33.3 Å². The Hall–Kier alpha value is -3.56. The van der Waals surface area contributed by atoms with Gasteiger partial charge in [-0.3, -0.25) is 0 Å². The fourth-order valence-electron chi connectivity index (χ4n) is 3.68. The molecule has 5 rings (SSSR count). The number of rotatable bonds is 6. The summed E-state index contributed by atoms with van der Waals surface area (Å²) >= 11 is 6.42. The van der Waals surface area contributed by atoms with Gasteiger partial charge in [0, 0.05) is 17.5 Å². The molecule has 8 nitrogen and oxygen atoms in total. The van der Waals surface area contributed by atoms with Gasteiger partial charge in [-0.05, 0) is 23.3 Å². The first-order chi connectivity index (χ1) is 15.6. The van der Waals surface area contributed by atoms with Crippen LogP contribution in [0, 0.1) is 0 Å². The molecule has 0 amide bonds. The Balaban J connectivity index is 1.64. The monoisotopic (exact) mass is 464 g/mol. The number of H-pyrrole nitrogens is 1. The highest BCUT2D eigenvalue weighted by Crippen LogP contribution is 2.32. The maximum atomic E-state index is 11.5. The van der Waals surface area contributed by atoms with Gasteiger partial charge >= 0.3 is 0 Å². The van der Waals surface area contributed by atoms with Crippen LogP contribution in [0.1, 0.15) is 11.1 Å². The predicted octanol–water partition coefficient (Wildman–Crippen LogP) is 3.95. The van der Waals surface area contributed by atoms with E-state index in [1.807, 2.05) is 36.4 Å². The number of aromatic amines is 1. The standard InChI is InChI=1S/C22H17ClN6O2S/c23-17-7-3-5-13-8-15(9-24-21-20-22(26-11-25-20)28-12-27-21)18(29-19(13)17)16-6-2-1-4-14(16)10-32(30)31/h1-8,11-12,32H,9-10H2,(H2,24,25,26,27,28). The molecule has 10 heteroatoms. The molecule has 0 fully saturated rings. The topological polar surface area (TPSA) is 114 Å². The number of anilines is 1. The summed E-state index contributed by atoms with van der Waals surface area (Å²) in [6, 6.07) is 15.0. The van der Waals surface area contributed by atoms with Gasteiger partial charge in [0.25, 0.3) is 0 Å². The molecule has 0 saturated carbocycles.